The molecule has 0 aliphatic rings. The molecule has 1 nitrogen and oxygen atoms in total. The Morgan fingerprint density at radius 2 is 1.54 bits per heavy atom. The zero-order chi connectivity index (χ0) is 10.3. The van der Waals surface area contributed by atoms with E-state index in [1.807, 2.05) is 6.26 Å². The second-order valence-electron chi connectivity index (χ2n) is 3.57. The van der Waals surface area contributed by atoms with E-state index >= 15 is 0 Å². The van der Waals surface area contributed by atoms with Gasteiger partial charge in [0, 0.05) is 0 Å². The molecule has 0 radical (unpaired) electrons. The van der Waals surface area contributed by atoms with Crippen LogP contribution in [0.2, 0.25) is 13.3 Å². The van der Waals surface area contributed by atoms with E-state index in [0.29, 0.717) is 0 Å². The Balaban J connectivity index is 4.76. The number of rotatable bonds is 6. The number of hydrogen-bond acceptors (Lipinski definition) is 1. The van der Waals surface area contributed by atoms with Gasteiger partial charge < -0.3 is 0 Å². The Labute approximate surface area is 87.4 Å². The summed E-state index contributed by atoms with van der Waals surface area (Å²) >= 11 is -1.91. The molecule has 0 aromatic rings. The summed E-state index contributed by atoms with van der Waals surface area (Å²) in [6.07, 6.45) is 3.23. The summed E-state index contributed by atoms with van der Waals surface area (Å²) in [5.74, 6) is 0. The van der Waals surface area contributed by atoms with Gasteiger partial charge in [-0.3, -0.25) is 0 Å². The van der Waals surface area contributed by atoms with Crippen molar-refractivity contribution in [3.63, 3.8) is 0 Å². The van der Waals surface area contributed by atoms with Crippen molar-refractivity contribution in [3.8, 4) is 0 Å². The van der Waals surface area contributed by atoms with Crippen LogP contribution in [0.4, 0.5) is 0 Å². The monoisotopic (exact) mass is 292 g/mol. The van der Waals surface area contributed by atoms with E-state index < -0.39 is 18.4 Å². The Morgan fingerprint density at radius 3 is 1.77 bits per heavy atom. The molecule has 0 spiro atoms. The summed E-state index contributed by atoms with van der Waals surface area (Å²) < 4.78 is 11.1. The van der Waals surface area contributed by atoms with Gasteiger partial charge in [-0.1, -0.05) is 0 Å². The molecule has 0 aromatic heterocycles. The van der Waals surface area contributed by atoms with Crippen molar-refractivity contribution in [1.82, 2.24) is 0 Å². The first kappa shape index (κ1) is 13.3. The van der Waals surface area contributed by atoms with E-state index in [-0.39, 0.29) is 0 Å². The molecule has 0 aromatic carbocycles. The van der Waals surface area contributed by atoms with Crippen LogP contribution in [0, 0.1) is 0 Å². The van der Waals surface area contributed by atoms with Gasteiger partial charge in [-0.2, -0.15) is 0 Å². The molecule has 0 bridgehead atoms. The SMILES string of the molecule is CC/[C](=C\OC)[Sn]([CH2]C)([CH2]C)[CH2]C. The molecule has 0 fully saturated rings. The molecule has 0 aliphatic heterocycles. The quantitative estimate of drug-likeness (QED) is 0.531. The second kappa shape index (κ2) is 6.74. The molecule has 0 heterocycles. The molecule has 78 valence electrons. The molecule has 0 saturated carbocycles. The van der Waals surface area contributed by atoms with Gasteiger partial charge in [0.15, 0.2) is 0 Å². The summed E-state index contributed by atoms with van der Waals surface area (Å²) in [5.41, 5.74) is 0. The van der Waals surface area contributed by atoms with Gasteiger partial charge in [0.1, 0.15) is 0 Å². The van der Waals surface area contributed by atoms with Crippen LogP contribution in [-0.4, -0.2) is 25.5 Å². The predicted octanol–water partition coefficient (Wildman–Crippen LogP) is 3.97. The molecule has 0 atom stereocenters. The molecular weight excluding hydrogens is 267 g/mol. The Hall–Kier alpha value is 0.339. The van der Waals surface area contributed by atoms with Crippen molar-refractivity contribution in [3.05, 3.63) is 9.85 Å². The second-order valence-corrected chi connectivity index (χ2v) is 18.8. The van der Waals surface area contributed by atoms with Gasteiger partial charge in [0.2, 0.25) is 0 Å². The molecule has 2 heteroatoms. The average molecular weight is 291 g/mol. The predicted molar refractivity (Wildman–Crippen MR) is 62.6 cm³/mol. The molecule has 0 rings (SSSR count). The Kier molecular flexibility index (Phi) is 6.92. The van der Waals surface area contributed by atoms with E-state index in [9.17, 15) is 0 Å². The first-order valence-corrected chi connectivity index (χ1v) is 12.9. The van der Waals surface area contributed by atoms with E-state index in [0.717, 1.165) is 0 Å². The fourth-order valence-corrected chi connectivity index (χ4v) is 13.5. The average Bonchev–Trinajstić information content (AvgIpc) is 2.19. The van der Waals surface area contributed by atoms with Gasteiger partial charge in [0.05, 0.1) is 0 Å². The number of ether oxygens (including phenoxy) is 1. The summed E-state index contributed by atoms with van der Waals surface area (Å²) in [6, 6.07) is 0. The van der Waals surface area contributed by atoms with Crippen molar-refractivity contribution in [2.45, 2.75) is 47.4 Å². The van der Waals surface area contributed by atoms with E-state index in [1.165, 1.54) is 19.7 Å². The molecule has 13 heavy (non-hydrogen) atoms. The zero-order valence-electron chi connectivity index (χ0n) is 9.81. The van der Waals surface area contributed by atoms with Crippen molar-refractivity contribution >= 4 is 18.4 Å². The van der Waals surface area contributed by atoms with Crippen molar-refractivity contribution in [1.29, 1.82) is 0 Å². The summed E-state index contributed by atoms with van der Waals surface area (Å²) in [5, 5.41) is 0. The summed E-state index contributed by atoms with van der Waals surface area (Å²) in [6.45, 7) is 9.35. The number of hydrogen-bond donors (Lipinski definition) is 0. The Morgan fingerprint density at radius 1 is 1.08 bits per heavy atom. The molecular formula is C11H24OSn. The van der Waals surface area contributed by atoms with Crippen LogP contribution in [0.3, 0.4) is 0 Å². The van der Waals surface area contributed by atoms with Gasteiger partial charge in [-0.15, -0.1) is 0 Å². The fraction of sp³-hybridized carbons (Fsp3) is 0.818. The van der Waals surface area contributed by atoms with Crippen molar-refractivity contribution < 1.29 is 4.74 Å². The van der Waals surface area contributed by atoms with Gasteiger partial charge in [-0.25, -0.2) is 0 Å². The van der Waals surface area contributed by atoms with Gasteiger partial charge >= 0.3 is 87.5 Å². The third-order valence-electron chi connectivity index (χ3n) is 3.35. The standard InChI is InChI=1S/C5H9O.3C2H5.Sn/c1-3-4-5-6-2;3*1-2;/h5H,3H2,1-2H3;3*1H2,2H3;. The normalized spacial score (nSPS) is 13.2. The van der Waals surface area contributed by atoms with E-state index in [2.05, 4.69) is 27.7 Å². The van der Waals surface area contributed by atoms with Crippen molar-refractivity contribution in [2.75, 3.05) is 7.11 Å². The molecule has 0 saturated heterocycles. The van der Waals surface area contributed by atoms with Crippen LogP contribution in [0.5, 0.6) is 0 Å². The molecule has 0 aliphatic carbocycles. The number of methoxy groups -OCH3 is 1. The van der Waals surface area contributed by atoms with Gasteiger partial charge in [-0.05, 0) is 0 Å². The van der Waals surface area contributed by atoms with Crippen LogP contribution < -0.4 is 0 Å². The van der Waals surface area contributed by atoms with Crippen LogP contribution in [-0.2, 0) is 4.74 Å². The topological polar surface area (TPSA) is 9.23 Å². The first-order chi connectivity index (χ1) is 6.20. The molecule has 0 amide bonds. The van der Waals surface area contributed by atoms with Crippen LogP contribution in [0.1, 0.15) is 34.1 Å². The van der Waals surface area contributed by atoms with Crippen LogP contribution >= 0.6 is 0 Å². The van der Waals surface area contributed by atoms with E-state index in [4.69, 9.17) is 4.74 Å². The van der Waals surface area contributed by atoms with E-state index in [1.54, 1.807) is 10.7 Å². The minimum atomic E-state index is -1.91. The van der Waals surface area contributed by atoms with Gasteiger partial charge in [0.25, 0.3) is 0 Å². The van der Waals surface area contributed by atoms with Crippen LogP contribution in [0.15, 0.2) is 9.85 Å². The Bertz CT molecular complexity index is 151. The molecule has 0 unspecified atom stereocenters. The maximum absolute atomic E-state index is 5.20. The van der Waals surface area contributed by atoms with Crippen LogP contribution in [0.25, 0.3) is 0 Å². The summed E-state index contributed by atoms with van der Waals surface area (Å²) in [4.78, 5) is 0. The zero-order valence-corrected chi connectivity index (χ0v) is 12.7. The van der Waals surface area contributed by atoms with Crippen molar-refractivity contribution in [2.24, 2.45) is 0 Å². The first-order valence-electron chi connectivity index (χ1n) is 5.43. The third-order valence-corrected chi connectivity index (χ3v) is 20.2. The minimum absolute atomic E-state index is 1.19. The third kappa shape index (κ3) is 3.19. The maximum atomic E-state index is 5.20. The summed E-state index contributed by atoms with van der Waals surface area (Å²) in [7, 11) is 1.77. The molecule has 0 N–H and O–H groups in total. The number of allylic oxidation sites excluding steroid dienone is 1. The fourth-order valence-electron chi connectivity index (χ4n) is 2.16.